The highest BCUT2D eigenvalue weighted by atomic mass is 35.5. The van der Waals surface area contributed by atoms with E-state index in [2.05, 4.69) is 15.0 Å². The fraction of sp³-hybridized carbons (Fsp3) is 0.0833. The summed E-state index contributed by atoms with van der Waals surface area (Å²) < 4.78 is 38.6. The van der Waals surface area contributed by atoms with Crippen molar-refractivity contribution >= 4 is 34.0 Å². The zero-order valence-corrected chi connectivity index (χ0v) is 11.2. The van der Waals surface area contributed by atoms with Gasteiger partial charge in [0.05, 0.1) is 16.2 Å². The molecule has 102 valence electrons. The zero-order valence-electron chi connectivity index (χ0n) is 9.65. The number of hydrogen-bond acceptors (Lipinski definition) is 4. The average molecular weight is 316 g/mol. The molecule has 0 aliphatic carbocycles. The van der Waals surface area contributed by atoms with Crippen molar-refractivity contribution in [1.29, 1.82) is 0 Å². The Balaban J connectivity index is 2.23. The number of nitrogens with zero attached hydrogens (tertiary/aromatic N) is 3. The Labute approximate surface area is 120 Å². The van der Waals surface area contributed by atoms with Gasteiger partial charge in [-0.3, -0.25) is 0 Å². The van der Waals surface area contributed by atoms with E-state index >= 15 is 0 Å². The number of fused-ring (bicyclic) bond motifs is 1. The van der Waals surface area contributed by atoms with Gasteiger partial charge in [-0.15, -0.1) is 11.3 Å². The minimum absolute atomic E-state index is 0.0646. The highest BCUT2D eigenvalue weighted by Crippen LogP contribution is 2.39. The largest absolute Gasteiger partial charge is 0.427 e. The summed E-state index contributed by atoms with van der Waals surface area (Å²) in [6.45, 7) is 0. The van der Waals surface area contributed by atoms with Crippen LogP contribution < -0.4 is 0 Å². The molecule has 0 aliphatic rings. The van der Waals surface area contributed by atoms with Crippen LogP contribution in [0, 0.1) is 0 Å². The molecule has 3 aromatic heterocycles. The summed E-state index contributed by atoms with van der Waals surface area (Å²) in [5.41, 5.74) is 1.26. The molecule has 0 aromatic carbocycles. The number of pyridine rings is 2. The first-order valence-corrected chi connectivity index (χ1v) is 6.65. The van der Waals surface area contributed by atoms with Gasteiger partial charge in [-0.25, -0.2) is 15.0 Å². The highest BCUT2D eigenvalue weighted by Gasteiger charge is 2.36. The van der Waals surface area contributed by atoms with Crippen molar-refractivity contribution in [3.8, 4) is 11.4 Å². The first kappa shape index (κ1) is 13.3. The van der Waals surface area contributed by atoms with E-state index in [4.69, 9.17) is 11.6 Å². The van der Waals surface area contributed by atoms with Gasteiger partial charge < -0.3 is 0 Å². The normalized spacial score (nSPS) is 12.0. The van der Waals surface area contributed by atoms with E-state index in [1.165, 1.54) is 12.3 Å². The number of thiazole rings is 1. The molecule has 0 amide bonds. The molecular formula is C12H5ClF3N3S. The Bertz CT molecular complexity index is 785. The molecule has 0 fully saturated rings. The van der Waals surface area contributed by atoms with Crippen molar-refractivity contribution in [2.75, 3.05) is 0 Å². The lowest BCUT2D eigenvalue weighted by Gasteiger charge is -2.07. The van der Waals surface area contributed by atoms with Crippen molar-refractivity contribution in [2.24, 2.45) is 0 Å². The summed E-state index contributed by atoms with van der Waals surface area (Å²) in [5.74, 6) is 0. The molecule has 0 radical (unpaired) electrons. The summed E-state index contributed by atoms with van der Waals surface area (Å²) in [6, 6.07) is 4.75. The van der Waals surface area contributed by atoms with Crippen molar-refractivity contribution in [2.45, 2.75) is 6.18 Å². The summed E-state index contributed by atoms with van der Waals surface area (Å²) in [4.78, 5) is 11.1. The molecule has 0 unspecified atom stereocenters. The minimum atomic E-state index is -4.47. The van der Waals surface area contributed by atoms with Crippen LogP contribution in [-0.2, 0) is 6.18 Å². The van der Waals surface area contributed by atoms with Gasteiger partial charge in [0.25, 0.3) is 0 Å². The Hall–Kier alpha value is -1.73. The summed E-state index contributed by atoms with van der Waals surface area (Å²) in [6.07, 6.45) is -2.97. The van der Waals surface area contributed by atoms with Gasteiger partial charge in [-0.05, 0) is 18.2 Å². The van der Waals surface area contributed by atoms with E-state index in [0.717, 1.165) is 5.51 Å². The number of rotatable bonds is 1. The highest BCUT2D eigenvalue weighted by molar-refractivity contribution is 7.10. The molecule has 0 spiro atoms. The van der Waals surface area contributed by atoms with E-state index in [1.54, 1.807) is 12.1 Å². The van der Waals surface area contributed by atoms with Crippen LogP contribution >= 0.6 is 22.9 Å². The van der Waals surface area contributed by atoms with Crippen molar-refractivity contribution in [1.82, 2.24) is 15.0 Å². The van der Waals surface area contributed by atoms with Crippen LogP contribution in [0.25, 0.3) is 22.4 Å². The van der Waals surface area contributed by atoms with Crippen LogP contribution in [0.5, 0.6) is 0 Å². The van der Waals surface area contributed by atoms with Gasteiger partial charge in [0.1, 0.15) is 10.6 Å². The lowest BCUT2D eigenvalue weighted by molar-refractivity contribution is -0.134. The number of aromatic nitrogens is 3. The third-order valence-electron chi connectivity index (χ3n) is 2.60. The maximum Gasteiger partial charge on any atom is 0.427 e. The molecule has 3 nitrogen and oxygen atoms in total. The molecule has 3 aromatic rings. The van der Waals surface area contributed by atoms with Gasteiger partial charge in [0, 0.05) is 11.6 Å². The Morgan fingerprint density at radius 3 is 2.75 bits per heavy atom. The molecule has 3 heterocycles. The summed E-state index contributed by atoms with van der Waals surface area (Å²) in [5, 5.41) is 0.876. The predicted octanol–water partition coefficient (Wildman–Crippen LogP) is 4.43. The lowest BCUT2D eigenvalue weighted by atomic mass is 10.2. The molecule has 0 saturated heterocycles. The monoisotopic (exact) mass is 315 g/mol. The molecule has 0 saturated carbocycles. The van der Waals surface area contributed by atoms with Gasteiger partial charge in [-0.2, -0.15) is 13.2 Å². The summed E-state index contributed by atoms with van der Waals surface area (Å²) in [7, 11) is 0. The minimum Gasteiger partial charge on any atom is -0.242 e. The smallest absolute Gasteiger partial charge is 0.242 e. The molecule has 20 heavy (non-hydrogen) atoms. The molecule has 0 N–H and O–H groups in total. The molecule has 0 aliphatic heterocycles. The standard InChI is InChI=1S/C12H5ClF3N3S/c13-7-4-8(19-11-6(7)2-1-3-17-11)9-10(12(14,15)16)20-5-18-9/h1-5H. The van der Waals surface area contributed by atoms with E-state index in [0.29, 0.717) is 21.7 Å². The van der Waals surface area contributed by atoms with Gasteiger partial charge in [0.2, 0.25) is 0 Å². The van der Waals surface area contributed by atoms with E-state index < -0.39 is 11.1 Å². The fourth-order valence-electron chi connectivity index (χ4n) is 1.77. The second-order valence-corrected chi connectivity index (χ2v) is 5.15. The fourth-order valence-corrected chi connectivity index (χ4v) is 2.68. The van der Waals surface area contributed by atoms with E-state index in [-0.39, 0.29) is 17.0 Å². The van der Waals surface area contributed by atoms with Gasteiger partial charge in [0.15, 0.2) is 5.65 Å². The first-order valence-electron chi connectivity index (χ1n) is 5.39. The third-order valence-corrected chi connectivity index (χ3v) is 3.79. The second kappa shape index (κ2) is 4.68. The molecule has 8 heteroatoms. The Morgan fingerprint density at radius 2 is 2.00 bits per heavy atom. The summed E-state index contributed by atoms with van der Waals surface area (Å²) >= 11 is 6.58. The molecule has 0 bridgehead atoms. The maximum atomic E-state index is 12.9. The van der Waals surface area contributed by atoms with E-state index in [9.17, 15) is 13.2 Å². The lowest BCUT2D eigenvalue weighted by Crippen LogP contribution is -2.04. The first-order chi connectivity index (χ1) is 9.47. The average Bonchev–Trinajstić information content (AvgIpc) is 2.88. The maximum absolute atomic E-state index is 12.9. The predicted molar refractivity (Wildman–Crippen MR) is 70.7 cm³/mol. The Kier molecular flexibility index (Phi) is 3.10. The van der Waals surface area contributed by atoms with Crippen LogP contribution in [0.15, 0.2) is 29.9 Å². The van der Waals surface area contributed by atoms with Crippen LogP contribution in [0.1, 0.15) is 4.88 Å². The van der Waals surface area contributed by atoms with Crippen molar-refractivity contribution in [3.05, 3.63) is 39.8 Å². The number of alkyl halides is 3. The van der Waals surface area contributed by atoms with Crippen LogP contribution in [0.4, 0.5) is 13.2 Å². The topological polar surface area (TPSA) is 38.7 Å². The third kappa shape index (κ3) is 2.23. The van der Waals surface area contributed by atoms with Gasteiger partial charge in [-0.1, -0.05) is 11.6 Å². The number of halogens is 4. The molecule has 3 rings (SSSR count). The van der Waals surface area contributed by atoms with E-state index in [1.807, 2.05) is 0 Å². The zero-order chi connectivity index (χ0) is 14.3. The second-order valence-electron chi connectivity index (χ2n) is 3.89. The van der Waals surface area contributed by atoms with Crippen molar-refractivity contribution in [3.63, 3.8) is 0 Å². The van der Waals surface area contributed by atoms with Gasteiger partial charge >= 0.3 is 6.18 Å². The Morgan fingerprint density at radius 1 is 1.20 bits per heavy atom. The van der Waals surface area contributed by atoms with Crippen LogP contribution in [-0.4, -0.2) is 15.0 Å². The SMILES string of the molecule is FC(F)(F)c1scnc1-c1cc(Cl)c2cccnc2n1. The van der Waals surface area contributed by atoms with Crippen LogP contribution in [0.2, 0.25) is 5.02 Å². The molecular weight excluding hydrogens is 311 g/mol. The van der Waals surface area contributed by atoms with Crippen molar-refractivity contribution < 1.29 is 13.2 Å². The number of hydrogen-bond donors (Lipinski definition) is 0. The van der Waals surface area contributed by atoms with Crippen LogP contribution in [0.3, 0.4) is 0 Å². The molecule has 0 atom stereocenters. The quantitative estimate of drug-likeness (QED) is 0.667.